The van der Waals surface area contributed by atoms with Crippen LogP contribution in [0.2, 0.25) is 0 Å². The quantitative estimate of drug-likeness (QED) is 0.836. The number of carbonyl (C=O) groups excluding carboxylic acids is 1. The van der Waals surface area contributed by atoms with Crippen LogP contribution in [0.15, 0.2) is 24.3 Å². The zero-order chi connectivity index (χ0) is 12.8. The molecular formula is C12H15NO4. The van der Waals surface area contributed by atoms with Crippen LogP contribution in [0, 0.1) is 0 Å². The fraction of sp³-hybridized carbons (Fsp3) is 0.333. The summed E-state index contributed by atoms with van der Waals surface area (Å²) in [5, 5.41) is 8.53. The predicted octanol–water partition coefficient (Wildman–Crippen LogP) is 1.24. The lowest BCUT2D eigenvalue weighted by Gasteiger charge is -2.16. The third kappa shape index (κ3) is 3.79. The Hall–Kier alpha value is -2.04. The summed E-state index contributed by atoms with van der Waals surface area (Å²) in [7, 11) is 3.13. The lowest BCUT2D eigenvalue weighted by molar-refractivity contribution is -0.137. The second-order valence-corrected chi connectivity index (χ2v) is 3.60. The van der Waals surface area contributed by atoms with Gasteiger partial charge in [-0.15, -0.1) is 0 Å². The Morgan fingerprint density at radius 2 is 1.88 bits per heavy atom. The minimum absolute atomic E-state index is 0.0571. The molecule has 0 atom stereocenters. The highest BCUT2D eigenvalue weighted by atomic mass is 16.5. The van der Waals surface area contributed by atoms with Crippen molar-refractivity contribution in [2.75, 3.05) is 20.7 Å². The third-order valence-corrected chi connectivity index (χ3v) is 2.34. The standard InChI is InChI=1S/C12H15NO4/c1-13(8-7-11(14)15)12(16)9-3-5-10(17-2)6-4-9/h3-6H,7-8H2,1-2H3,(H,14,15). The molecule has 1 rings (SSSR count). The van der Waals surface area contributed by atoms with Crippen LogP contribution in [-0.2, 0) is 4.79 Å². The molecule has 0 bridgehead atoms. The zero-order valence-corrected chi connectivity index (χ0v) is 9.84. The second-order valence-electron chi connectivity index (χ2n) is 3.60. The lowest BCUT2D eigenvalue weighted by atomic mass is 10.2. The first-order valence-corrected chi connectivity index (χ1v) is 5.16. The molecule has 1 N–H and O–H groups in total. The molecule has 1 aromatic carbocycles. The number of rotatable bonds is 5. The average Bonchev–Trinajstić information content (AvgIpc) is 2.35. The van der Waals surface area contributed by atoms with Crippen molar-refractivity contribution >= 4 is 11.9 Å². The van der Waals surface area contributed by atoms with Gasteiger partial charge in [-0.2, -0.15) is 0 Å². The number of carboxylic acid groups (broad SMARTS) is 1. The lowest BCUT2D eigenvalue weighted by Crippen LogP contribution is -2.28. The summed E-state index contributed by atoms with van der Waals surface area (Å²) in [6, 6.07) is 6.69. The highest BCUT2D eigenvalue weighted by Gasteiger charge is 2.12. The van der Waals surface area contributed by atoms with Crippen LogP contribution < -0.4 is 4.74 Å². The van der Waals surface area contributed by atoms with Gasteiger partial charge in [0.25, 0.3) is 5.91 Å². The minimum atomic E-state index is -0.917. The van der Waals surface area contributed by atoms with Gasteiger partial charge in [0, 0.05) is 19.2 Å². The molecule has 92 valence electrons. The van der Waals surface area contributed by atoms with Gasteiger partial charge in [0.2, 0.25) is 0 Å². The zero-order valence-electron chi connectivity index (χ0n) is 9.84. The van der Waals surface area contributed by atoms with Gasteiger partial charge in [0.1, 0.15) is 5.75 Å². The Morgan fingerprint density at radius 3 is 2.35 bits per heavy atom. The Labute approximate surface area is 99.6 Å². The van der Waals surface area contributed by atoms with Crippen molar-refractivity contribution < 1.29 is 19.4 Å². The smallest absolute Gasteiger partial charge is 0.305 e. The van der Waals surface area contributed by atoms with Gasteiger partial charge in [-0.3, -0.25) is 9.59 Å². The maximum Gasteiger partial charge on any atom is 0.305 e. The Balaban J connectivity index is 2.64. The van der Waals surface area contributed by atoms with E-state index in [2.05, 4.69) is 0 Å². The number of hydrogen-bond acceptors (Lipinski definition) is 3. The second kappa shape index (κ2) is 5.89. The minimum Gasteiger partial charge on any atom is -0.497 e. The number of carbonyl (C=O) groups is 2. The van der Waals surface area contributed by atoms with Crippen LogP contribution in [0.5, 0.6) is 5.75 Å². The van der Waals surface area contributed by atoms with Crippen molar-refractivity contribution in [2.45, 2.75) is 6.42 Å². The molecule has 0 saturated heterocycles. The van der Waals surface area contributed by atoms with E-state index in [1.54, 1.807) is 38.4 Å². The molecule has 5 heteroatoms. The van der Waals surface area contributed by atoms with Crippen molar-refractivity contribution in [1.82, 2.24) is 4.90 Å². The average molecular weight is 237 g/mol. The van der Waals surface area contributed by atoms with Crippen LogP contribution in [0.1, 0.15) is 16.8 Å². The molecule has 0 aromatic heterocycles. The summed E-state index contributed by atoms with van der Waals surface area (Å²) in [5.41, 5.74) is 0.513. The van der Waals surface area contributed by atoms with Gasteiger partial charge in [0.05, 0.1) is 13.5 Å². The van der Waals surface area contributed by atoms with Crippen molar-refractivity contribution in [3.05, 3.63) is 29.8 Å². The number of methoxy groups -OCH3 is 1. The molecule has 0 radical (unpaired) electrons. The molecule has 0 aliphatic carbocycles. The molecule has 0 heterocycles. The summed E-state index contributed by atoms with van der Waals surface area (Å²) in [6.45, 7) is 0.195. The summed E-state index contributed by atoms with van der Waals surface area (Å²) in [6.07, 6.45) is -0.0571. The maximum atomic E-state index is 11.8. The number of nitrogens with zero attached hydrogens (tertiary/aromatic N) is 1. The number of amides is 1. The first-order chi connectivity index (χ1) is 8.04. The van der Waals surface area contributed by atoms with Crippen LogP contribution >= 0.6 is 0 Å². The molecule has 0 fully saturated rings. The van der Waals surface area contributed by atoms with Crippen LogP contribution in [0.25, 0.3) is 0 Å². The largest absolute Gasteiger partial charge is 0.497 e. The first kappa shape index (κ1) is 13.0. The number of hydrogen-bond donors (Lipinski definition) is 1. The normalized spacial score (nSPS) is 9.76. The van der Waals surface area contributed by atoms with E-state index in [9.17, 15) is 9.59 Å². The summed E-state index contributed by atoms with van der Waals surface area (Å²) in [4.78, 5) is 23.6. The van der Waals surface area contributed by atoms with Gasteiger partial charge in [-0.05, 0) is 24.3 Å². The van der Waals surface area contributed by atoms with E-state index in [-0.39, 0.29) is 18.9 Å². The van der Waals surface area contributed by atoms with E-state index < -0.39 is 5.97 Å². The fourth-order valence-electron chi connectivity index (χ4n) is 1.32. The Kier molecular flexibility index (Phi) is 4.51. The number of aliphatic carboxylic acids is 1. The number of ether oxygens (including phenoxy) is 1. The SMILES string of the molecule is COc1ccc(C(=O)N(C)CCC(=O)O)cc1. The summed E-state index contributed by atoms with van der Waals surface area (Å²) < 4.78 is 4.99. The van der Waals surface area contributed by atoms with Crippen molar-refractivity contribution in [3.63, 3.8) is 0 Å². The van der Waals surface area contributed by atoms with E-state index >= 15 is 0 Å². The van der Waals surface area contributed by atoms with E-state index in [0.717, 1.165) is 0 Å². The Morgan fingerprint density at radius 1 is 1.29 bits per heavy atom. The summed E-state index contributed by atoms with van der Waals surface area (Å²) >= 11 is 0. The van der Waals surface area contributed by atoms with Crippen molar-refractivity contribution in [2.24, 2.45) is 0 Å². The molecule has 1 amide bonds. The molecule has 5 nitrogen and oxygen atoms in total. The number of benzene rings is 1. The van der Waals surface area contributed by atoms with E-state index in [1.807, 2.05) is 0 Å². The van der Waals surface area contributed by atoms with Gasteiger partial charge < -0.3 is 14.7 Å². The molecule has 0 aliphatic heterocycles. The van der Waals surface area contributed by atoms with Crippen molar-refractivity contribution in [3.8, 4) is 5.75 Å². The van der Waals surface area contributed by atoms with E-state index in [0.29, 0.717) is 11.3 Å². The van der Waals surface area contributed by atoms with Crippen LogP contribution in [-0.4, -0.2) is 42.6 Å². The van der Waals surface area contributed by atoms with Crippen LogP contribution in [0.3, 0.4) is 0 Å². The molecule has 1 aromatic rings. The number of carboxylic acids is 1. The molecule has 0 aliphatic rings. The van der Waals surface area contributed by atoms with Gasteiger partial charge >= 0.3 is 5.97 Å². The third-order valence-electron chi connectivity index (χ3n) is 2.34. The van der Waals surface area contributed by atoms with Gasteiger partial charge in [-0.25, -0.2) is 0 Å². The van der Waals surface area contributed by atoms with Gasteiger partial charge in [0.15, 0.2) is 0 Å². The van der Waals surface area contributed by atoms with Crippen LogP contribution in [0.4, 0.5) is 0 Å². The molecule has 17 heavy (non-hydrogen) atoms. The molecular weight excluding hydrogens is 222 g/mol. The van der Waals surface area contributed by atoms with E-state index in [4.69, 9.17) is 9.84 Å². The van der Waals surface area contributed by atoms with Gasteiger partial charge in [-0.1, -0.05) is 0 Å². The topological polar surface area (TPSA) is 66.8 Å². The first-order valence-electron chi connectivity index (χ1n) is 5.16. The van der Waals surface area contributed by atoms with E-state index in [1.165, 1.54) is 4.90 Å². The predicted molar refractivity (Wildman–Crippen MR) is 62.2 cm³/mol. The molecule has 0 saturated carbocycles. The molecule has 0 unspecified atom stereocenters. The summed E-state index contributed by atoms with van der Waals surface area (Å²) in [5.74, 6) is -0.442. The molecule has 0 spiro atoms. The Bertz CT molecular complexity index is 399. The highest BCUT2D eigenvalue weighted by Crippen LogP contribution is 2.12. The van der Waals surface area contributed by atoms with Crippen molar-refractivity contribution in [1.29, 1.82) is 0 Å². The monoisotopic (exact) mass is 237 g/mol. The fourth-order valence-corrected chi connectivity index (χ4v) is 1.32. The highest BCUT2D eigenvalue weighted by molar-refractivity contribution is 5.94. The maximum absolute atomic E-state index is 11.8.